The summed E-state index contributed by atoms with van der Waals surface area (Å²) in [6.45, 7) is 0.816. The number of alkyl halides is 3. The molecule has 2 aliphatic heterocycles. The number of hydrogen-bond acceptors (Lipinski definition) is 3. The fourth-order valence-corrected chi connectivity index (χ4v) is 4.02. The smallest absolute Gasteiger partial charge is 0.361 e. The highest BCUT2D eigenvalue weighted by molar-refractivity contribution is 6.53. The number of fused-ring (bicyclic) bond motifs is 1. The van der Waals surface area contributed by atoms with Gasteiger partial charge >= 0.3 is 6.18 Å². The van der Waals surface area contributed by atoms with Crippen LogP contribution in [0.3, 0.4) is 0 Å². The second-order valence-electron chi connectivity index (χ2n) is 6.71. The second kappa shape index (κ2) is 7.07. The molecule has 4 rings (SSSR count). The lowest BCUT2D eigenvalue weighted by atomic mass is 9.99. The van der Waals surface area contributed by atoms with Gasteiger partial charge in [-0.1, -0.05) is 47.5 Å². The van der Waals surface area contributed by atoms with Crippen LogP contribution in [0.1, 0.15) is 16.7 Å². The summed E-state index contributed by atoms with van der Waals surface area (Å²) in [7, 11) is 0. The molecule has 0 N–H and O–H groups in total. The van der Waals surface area contributed by atoms with E-state index in [1.54, 1.807) is 4.90 Å². The molecule has 0 radical (unpaired) electrons. The molecule has 9 heteroatoms. The van der Waals surface area contributed by atoms with Gasteiger partial charge in [0.05, 0.1) is 16.3 Å². The molecular formula is C20H13Cl2F3N2O2. The largest absolute Gasteiger partial charge is 0.416 e. The van der Waals surface area contributed by atoms with E-state index in [9.17, 15) is 22.8 Å². The first-order valence-electron chi connectivity index (χ1n) is 8.65. The van der Waals surface area contributed by atoms with E-state index in [0.717, 1.165) is 23.3 Å². The van der Waals surface area contributed by atoms with Gasteiger partial charge in [0, 0.05) is 13.1 Å². The van der Waals surface area contributed by atoms with E-state index < -0.39 is 23.6 Å². The molecule has 2 aliphatic rings. The summed E-state index contributed by atoms with van der Waals surface area (Å²) in [4.78, 5) is 28.0. The highest BCUT2D eigenvalue weighted by atomic mass is 35.5. The molecule has 0 unspecified atom stereocenters. The summed E-state index contributed by atoms with van der Waals surface area (Å²) in [5.74, 6) is -1.69. The zero-order valence-corrected chi connectivity index (χ0v) is 16.3. The van der Waals surface area contributed by atoms with Crippen molar-refractivity contribution in [3.63, 3.8) is 0 Å². The summed E-state index contributed by atoms with van der Waals surface area (Å²) in [5.41, 5.74) is 0.734. The Bertz CT molecular complexity index is 1070. The normalized spacial score (nSPS) is 17.3. The number of benzene rings is 2. The quantitative estimate of drug-likeness (QED) is 0.633. The summed E-state index contributed by atoms with van der Waals surface area (Å²) < 4.78 is 39.3. The maximum Gasteiger partial charge on any atom is 0.416 e. The van der Waals surface area contributed by atoms with Crippen LogP contribution in [0.4, 0.5) is 18.9 Å². The Morgan fingerprint density at radius 2 is 1.62 bits per heavy atom. The van der Waals surface area contributed by atoms with Crippen LogP contribution in [0, 0.1) is 0 Å². The van der Waals surface area contributed by atoms with E-state index in [-0.39, 0.29) is 21.4 Å². The van der Waals surface area contributed by atoms with Gasteiger partial charge in [-0.15, -0.1) is 0 Å². The van der Waals surface area contributed by atoms with Gasteiger partial charge in [-0.25, -0.2) is 4.90 Å². The molecule has 150 valence electrons. The Hall–Kier alpha value is -2.51. The highest BCUT2D eigenvalue weighted by Gasteiger charge is 2.43. The number of hydrogen-bond donors (Lipinski definition) is 0. The zero-order valence-electron chi connectivity index (χ0n) is 14.8. The molecule has 0 spiro atoms. The summed E-state index contributed by atoms with van der Waals surface area (Å²) >= 11 is 12.2. The SMILES string of the molecule is O=C1C(Cl)=C(N2CCc3ccccc3C2)C(=O)N1c1cc(C(F)(F)F)ccc1Cl. The van der Waals surface area contributed by atoms with Gasteiger partial charge in [-0.05, 0) is 35.7 Å². The molecule has 0 aliphatic carbocycles. The molecule has 4 nitrogen and oxygen atoms in total. The topological polar surface area (TPSA) is 40.6 Å². The molecule has 2 aromatic rings. The van der Waals surface area contributed by atoms with Crippen LogP contribution in [0.2, 0.25) is 5.02 Å². The van der Waals surface area contributed by atoms with Gasteiger partial charge in [-0.3, -0.25) is 9.59 Å². The third-order valence-electron chi connectivity index (χ3n) is 4.97. The molecule has 29 heavy (non-hydrogen) atoms. The van der Waals surface area contributed by atoms with E-state index in [1.807, 2.05) is 24.3 Å². The fraction of sp³-hybridized carbons (Fsp3) is 0.200. The summed E-state index contributed by atoms with van der Waals surface area (Å²) in [6, 6.07) is 10.2. The minimum Gasteiger partial charge on any atom is -0.361 e. The number of carbonyl (C=O) groups excluding carboxylic acids is 2. The maximum atomic E-state index is 13.1. The van der Waals surface area contributed by atoms with Gasteiger partial charge in [0.25, 0.3) is 11.8 Å². The standard InChI is InChI=1S/C20H13Cl2F3N2O2/c21-14-6-5-13(20(23,24)25)9-15(14)27-18(28)16(22)17(19(27)29)26-8-7-11-3-1-2-4-12(11)10-26/h1-6,9H,7-8,10H2. The average Bonchev–Trinajstić information content (AvgIpc) is 2.90. The van der Waals surface area contributed by atoms with Crippen LogP contribution in [-0.4, -0.2) is 23.3 Å². The minimum absolute atomic E-state index is 0.0281. The van der Waals surface area contributed by atoms with Crippen LogP contribution in [-0.2, 0) is 28.7 Å². The lowest BCUT2D eigenvalue weighted by molar-refractivity contribution is -0.137. The third-order valence-corrected chi connectivity index (χ3v) is 5.63. The number of rotatable bonds is 2. The lowest BCUT2D eigenvalue weighted by Gasteiger charge is -2.31. The maximum absolute atomic E-state index is 13.1. The number of anilines is 1. The Balaban J connectivity index is 1.70. The Kier molecular flexibility index (Phi) is 4.83. The van der Waals surface area contributed by atoms with Crippen molar-refractivity contribution in [2.24, 2.45) is 0 Å². The van der Waals surface area contributed by atoms with Crippen molar-refractivity contribution in [1.82, 2.24) is 4.90 Å². The zero-order chi connectivity index (χ0) is 20.9. The van der Waals surface area contributed by atoms with Crippen LogP contribution < -0.4 is 4.90 Å². The predicted molar refractivity (Wildman–Crippen MR) is 102 cm³/mol. The van der Waals surface area contributed by atoms with Crippen molar-refractivity contribution in [3.8, 4) is 0 Å². The van der Waals surface area contributed by atoms with E-state index in [2.05, 4.69) is 0 Å². The molecule has 0 fully saturated rings. The first kappa shape index (κ1) is 19.8. The van der Waals surface area contributed by atoms with Crippen molar-refractivity contribution in [1.29, 1.82) is 0 Å². The Labute approximate surface area is 174 Å². The molecule has 0 saturated heterocycles. The third kappa shape index (κ3) is 3.38. The van der Waals surface area contributed by atoms with E-state index >= 15 is 0 Å². The van der Waals surface area contributed by atoms with Crippen molar-refractivity contribution in [3.05, 3.63) is 74.9 Å². The van der Waals surface area contributed by atoms with Crippen LogP contribution in [0.25, 0.3) is 0 Å². The highest BCUT2D eigenvalue weighted by Crippen LogP contribution is 2.39. The predicted octanol–water partition coefficient (Wildman–Crippen LogP) is 4.74. The Morgan fingerprint density at radius 1 is 0.931 bits per heavy atom. The first-order valence-corrected chi connectivity index (χ1v) is 9.41. The van der Waals surface area contributed by atoms with E-state index in [0.29, 0.717) is 30.5 Å². The number of halogens is 5. The van der Waals surface area contributed by atoms with Crippen LogP contribution >= 0.6 is 23.2 Å². The van der Waals surface area contributed by atoms with Crippen molar-refractivity contribution < 1.29 is 22.8 Å². The molecular weight excluding hydrogens is 428 g/mol. The monoisotopic (exact) mass is 440 g/mol. The molecule has 0 aromatic heterocycles. The number of nitrogens with zero attached hydrogens (tertiary/aromatic N) is 2. The lowest BCUT2D eigenvalue weighted by Crippen LogP contribution is -2.37. The number of imide groups is 1. The molecule has 2 amide bonds. The molecule has 0 atom stereocenters. The van der Waals surface area contributed by atoms with Gasteiger partial charge in [0.1, 0.15) is 10.7 Å². The average molecular weight is 441 g/mol. The minimum atomic E-state index is -4.65. The second-order valence-corrected chi connectivity index (χ2v) is 7.50. The molecule has 2 heterocycles. The number of amides is 2. The number of carbonyl (C=O) groups is 2. The Morgan fingerprint density at radius 3 is 2.31 bits per heavy atom. The molecule has 0 saturated carbocycles. The van der Waals surface area contributed by atoms with E-state index in [4.69, 9.17) is 23.2 Å². The van der Waals surface area contributed by atoms with Crippen LogP contribution in [0.5, 0.6) is 0 Å². The van der Waals surface area contributed by atoms with Crippen molar-refractivity contribution in [2.45, 2.75) is 19.1 Å². The van der Waals surface area contributed by atoms with Crippen molar-refractivity contribution in [2.75, 3.05) is 11.4 Å². The van der Waals surface area contributed by atoms with Gasteiger partial charge < -0.3 is 4.90 Å². The first-order chi connectivity index (χ1) is 13.7. The van der Waals surface area contributed by atoms with E-state index in [1.165, 1.54) is 0 Å². The van der Waals surface area contributed by atoms with Gasteiger partial charge in [0.15, 0.2) is 0 Å². The fourth-order valence-electron chi connectivity index (χ4n) is 3.53. The molecule has 0 bridgehead atoms. The van der Waals surface area contributed by atoms with Crippen molar-refractivity contribution >= 4 is 40.7 Å². The summed E-state index contributed by atoms with van der Waals surface area (Å²) in [5, 5.41) is -0.489. The van der Waals surface area contributed by atoms with Gasteiger partial charge in [0.2, 0.25) is 0 Å². The molecule has 2 aromatic carbocycles. The van der Waals surface area contributed by atoms with Crippen LogP contribution in [0.15, 0.2) is 53.2 Å². The summed E-state index contributed by atoms with van der Waals surface area (Å²) in [6.07, 6.45) is -4.00. The van der Waals surface area contributed by atoms with Gasteiger partial charge in [-0.2, -0.15) is 13.2 Å².